The van der Waals surface area contributed by atoms with E-state index in [2.05, 4.69) is 28.1 Å². The lowest BCUT2D eigenvalue weighted by molar-refractivity contribution is -0.203. The maximum Gasteiger partial charge on any atom is 0.490 e. The molecule has 23 heteroatoms. The number of H-pyrrole nitrogens is 1. The van der Waals surface area contributed by atoms with Gasteiger partial charge in [0, 0.05) is 0 Å². The van der Waals surface area contributed by atoms with Gasteiger partial charge >= 0.3 is 23.5 Å². The van der Waals surface area contributed by atoms with Crippen LogP contribution in [0.5, 0.6) is 0 Å². The normalized spacial score (nSPS) is 30.6. The van der Waals surface area contributed by atoms with Gasteiger partial charge in [-0.3, -0.25) is 18.9 Å². The lowest BCUT2D eigenvalue weighted by Crippen LogP contribution is -2.50. The van der Waals surface area contributed by atoms with E-state index in [0.29, 0.717) is 0 Å². The molecule has 35 heavy (non-hydrogen) atoms. The Morgan fingerprint density at radius 1 is 1.29 bits per heavy atom. The molecule has 0 amide bonds. The number of aliphatic hydroxyl groups is 2. The van der Waals surface area contributed by atoms with Gasteiger partial charge in [-0.25, -0.2) is 23.1 Å². The molecule has 0 radical (unpaired) electrons. The Bertz CT molecular complexity index is 1400. The second kappa shape index (κ2) is 8.80. The molecule has 3 rings (SSSR count). The minimum absolute atomic E-state index is 0.360. The number of ether oxygens (including phenoxy) is 1. The third-order valence-corrected chi connectivity index (χ3v) is 8.07. The van der Waals surface area contributed by atoms with Crippen molar-refractivity contribution in [3.8, 4) is 12.3 Å². The number of halogens is 1. The van der Waals surface area contributed by atoms with Crippen LogP contribution in [0.25, 0.3) is 11.2 Å². The number of nitrogen functional groups attached to an aromatic ring is 1. The predicted molar refractivity (Wildman–Crippen MR) is 106 cm³/mol. The van der Waals surface area contributed by atoms with Crippen LogP contribution < -0.4 is 11.3 Å². The van der Waals surface area contributed by atoms with Gasteiger partial charge in [-0.2, -0.15) is 13.6 Å². The third-order valence-electron chi connectivity index (χ3n) is 4.28. The number of aliphatic hydroxyl groups excluding tert-OH is 1. The van der Waals surface area contributed by atoms with Crippen molar-refractivity contribution in [2.75, 3.05) is 12.3 Å². The number of nitrogens with two attached hydrogens (primary N) is 1. The number of nitrogens with one attached hydrogen (secondary N) is 1. The van der Waals surface area contributed by atoms with Crippen LogP contribution in [0.1, 0.15) is 6.23 Å². The highest BCUT2D eigenvalue weighted by atomic mass is 31.3. The fourth-order valence-corrected chi connectivity index (χ4v) is 5.96. The zero-order valence-electron chi connectivity index (χ0n) is 16.6. The first-order valence-corrected chi connectivity index (χ1v) is 13.1. The van der Waals surface area contributed by atoms with Crippen molar-refractivity contribution in [1.82, 2.24) is 19.5 Å². The van der Waals surface area contributed by atoms with Crippen LogP contribution in [-0.4, -0.2) is 73.5 Å². The third kappa shape index (κ3) is 5.53. The minimum atomic E-state index is -5.93. The Morgan fingerprint density at radius 2 is 1.91 bits per heavy atom. The minimum Gasteiger partial charge on any atom is -0.383 e. The van der Waals surface area contributed by atoms with Crippen LogP contribution >= 0.6 is 23.5 Å². The Morgan fingerprint density at radius 3 is 2.49 bits per heavy atom. The van der Waals surface area contributed by atoms with Crippen LogP contribution in [-0.2, 0) is 31.6 Å². The van der Waals surface area contributed by atoms with Gasteiger partial charge in [-0.05, 0) is 0 Å². The first-order valence-electron chi connectivity index (χ1n) is 8.58. The summed E-state index contributed by atoms with van der Waals surface area (Å²) >= 11 is 0. The Labute approximate surface area is 191 Å². The lowest BCUT2D eigenvalue weighted by atomic mass is 9.94. The fourth-order valence-electron chi connectivity index (χ4n) is 2.92. The van der Waals surface area contributed by atoms with Crippen LogP contribution in [0.3, 0.4) is 0 Å². The molecular formula is C12H15FN5O14P3. The molecule has 3 heterocycles. The zero-order valence-corrected chi connectivity index (χ0v) is 19.3. The van der Waals surface area contributed by atoms with Crippen LogP contribution in [0.2, 0.25) is 0 Å². The van der Waals surface area contributed by atoms with E-state index < -0.39 is 65.4 Å². The summed E-state index contributed by atoms with van der Waals surface area (Å²) in [5.41, 5.74) is 0.909. The Hall–Kier alpha value is -2.07. The molecule has 0 saturated carbocycles. The number of hydrogen-bond donors (Lipinski definition) is 8. The van der Waals surface area contributed by atoms with Gasteiger partial charge in [0.05, 0.1) is 6.33 Å². The van der Waals surface area contributed by atoms with Gasteiger partial charge in [0.25, 0.3) is 11.4 Å². The Balaban J connectivity index is 1.89. The van der Waals surface area contributed by atoms with Gasteiger partial charge < -0.3 is 40.3 Å². The lowest BCUT2D eigenvalue weighted by Gasteiger charge is -2.26. The highest BCUT2D eigenvalue weighted by Gasteiger charge is 2.66. The fraction of sp³-hybridized carbons (Fsp3) is 0.417. The number of imidazole rings is 1. The number of phosphoric acid groups is 3. The van der Waals surface area contributed by atoms with E-state index in [0.717, 1.165) is 10.9 Å². The number of terminal acetylenes is 1. The van der Waals surface area contributed by atoms with E-state index in [1.54, 1.807) is 5.92 Å². The number of fused-ring (bicyclic) bond motifs is 1. The number of phosphoric ester groups is 1. The zero-order chi connectivity index (χ0) is 26.6. The number of rotatable bonds is 8. The van der Waals surface area contributed by atoms with E-state index in [9.17, 15) is 33.6 Å². The molecule has 0 aromatic carbocycles. The summed E-state index contributed by atoms with van der Waals surface area (Å²) in [6, 6.07) is 0. The van der Waals surface area contributed by atoms with Crippen molar-refractivity contribution < 1.29 is 65.8 Å². The predicted octanol–water partition coefficient (Wildman–Crippen LogP) is -2.04. The van der Waals surface area contributed by atoms with Crippen LogP contribution in [0, 0.1) is 12.3 Å². The maximum absolute atomic E-state index is 15.4. The van der Waals surface area contributed by atoms with E-state index in [1.165, 1.54) is 0 Å². The summed E-state index contributed by atoms with van der Waals surface area (Å²) < 4.78 is 66.1. The van der Waals surface area contributed by atoms with Crippen LogP contribution in [0.4, 0.5) is 10.3 Å². The second-order valence-corrected chi connectivity index (χ2v) is 11.2. The van der Waals surface area contributed by atoms with Gasteiger partial charge in [-0.1, -0.05) is 5.92 Å². The number of alkyl halides is 1. The van der Waals surface area contributed by atoms with Crippen molar-refractivity contribution in [2.24, 2.45) is 0 Å². The van der Waals surface area contributed by atoms with E-state index in [1.807, 2.05) is 0 Å². The summed E-state index contributed by atoms with van der Waals surface area (Å²) in [5.74, 6) is -2.39. The van der Waals surface area contributed by atoms with Gasteiger partial charge in [0.2, 0.25) is 11.5 Å². The number of aromatic amines is 1. The molecule has 1 aliphatic heterocycles. The summed E-state index contributed by atoms with van der Waals surface area (Å²) in [4.78, 5) is 57.2. The second-order valence-electron chi connectivity index (χ2n) is 6.77. The van der Waals surface area contributed by atoms with Crippen molar-refractivity contribution in [2.45, 2.75) is 23.8 Å². The molecule has 2 aromatic heterocycles. The van der Waals surface area contributed by atoms with Gasteiger partial charge in [0.1, 0.15) is 6.61 Å². The van der Waals surface area contributed by atoms with Gasteiger partial charge in [0.15, 0.2) is 23.5 Å². The molecule has 1 saturated heterocycles. The molecule has 9 N–H and O–H groups in total. The summed E-state index contributed by atoms with van der Waals surface area (Å²) in [6.45, 7) is -1.82. The highest BCUT2D eigenvalue weighted by Crippen LogP contribution is 2.66. The molecule has 6 atom stereocenters. The molecule has 0 bridgehead atoms. The largest absolute Gasteiger partial charge is 0.490 e. The number of anilines is 1. The monoisotopic (exact) mass is 565 g/mol. The number of aromatic nitrogens is 4. The molecule has 1 fully saturated rings. The topological polar surface area (TPSA) is 299 Å². The summed E-state index contributed by atoms with van der Waals surface area (Å²) in [7, 11) is -17.5. The number of nitrogens with zero attached hydrogens (tertiary/aromatic N) is 3. The first kappa shape index (κ1) is 27.5. The number of hydrogen-bond acceptors (Lipinski definition) is 13. The van der Waals surface area contributed by atoms with E-state index in [-0.39, 0.29) is 11.2 Å². The van der Waals surface area contributed by atoms with Crippen molar-refractivity contribution >= 4 is 40.6 Å². The molecule has 0 spiro atoms. The SMILES string of the molecule is C#C[C@]1(O)C(n2cnc3c(=O)[nH]c(N)nc32)O[C@](F)(COP(=O)(O)OP(=O)(O)OP(=O)(O)O)[C@H]1O. The van der Waals surface area contributed by atoms with E-state index in [4.69, 9.17) is 31.6 Å². The molecule has 2 aromatic rings. The molecule has 194 valence electrons. The van der Waals surface area contributed by atoms with Crippen LogP contribution in [0.15, 0.2) is 11.1 Å². The average molecular weight is 565 g/mol. The average Bonchev–Trinajstić information content (AvgIpc) is 3.18. The molecule has 0 aliphatic carbocycles. The van der Waals surface area contributed by atoms with Crippen molar-refractivity contribution in [1.29, 1.82) is 0 Å². The van der Waals surface area contributed by atoms with Crippen molar-refractivity contribution in [3.05, 3.63) is 16.7 Å². The van der Waals surface area contributed by atoms with Crippen molar-refractivity contribution in [3.63, 3.8) is 0 Å². The first-order chi connectivity index (χ1) is 15.8. The Kier molecular flexibility index (Phi) is 6.92. The molecular weight excluding hydrogens is 550 g/mol. The summed E-state index contributed by atoms with van der Waals surface area (Å²) in [6.07, 6.45) is 1.20. The standard InChI is InChI=1S/C12H15FN5O14P3/c1-2-11(21)8(20)12(13,3-29-34(25,26)32-35(27,28)31-33(22,23)24)30-9(11)18-4-15-5-6(18)16-10(14)17-7(5)19/h1,4,8-9,20-21H,3H2,(H,25,26)(H,27,28)(H2,22,23,24)(H3,14,16,17,19)/t8-,9?,11+,12+/m0/s1. The van der Waals surface area contributed by atoms with E-state index >= 15 is 4.39 Å². The molecule has 1 aliphatic rings. The maximum atomic E-state index is 15.4. The quantitative estimate of drug-likeness (QED) is 0.126. The highest BCUT2D eigenvalue weighted by molar-refractivity contribution is 7.66. The summed E-state index contributed by atoms with van der Waals surface area (Å²) in [5, 5.41) is 21.1. The smallest absolute Gasteiger partial charge is 0.383 e. The molecule has 19 nitrogen and oxygen atoms in total. The van der Waals surface area contributed by atoms with Gasteiger partial charge in [-0.15, -0.1) is 6.42 Å². The molecule has 3 unspecified atom stereocenters.